The highest BCUT2D eigenvalue weighted by Crippen LogP contribution is 2.20. The molecule has 0 radical (unpaired) electrons. The van der Waals surface area contributed by atoms with Crippen LogP contribution in [0, 0.1) is 0 Å². The molecule has 110 valence electrons. The Morgan fingerprint density at radius 3 is 2.75 bits per heavy atom. The number of nitrogens with one attached hydrogen (secondary N) is 1. The molecule has 1 aromatic carbocycles. The fourth-order valence-electron chi connectivity index (χ4n) is 2.67. The Hall–Kier alpha value is -1.39. The van der Waals surface area contributed by atoms with Gasteiger partial charge < -0.3 is 9.84 Å². The fourth-order valence-corrected chi connectivity index (χ4v) is 2.67. The van der Waals surface area contributed by atoms with E-state index < -0.39 is 11.5 Å². The third-order valence-electron chi connectivity index (χ3n) is 4.05. The zero-order valence-electron chi connectivity index (χ0n) is 12.0. The number of carboxylic acid groups (broad SMARTS) is 1. The second-order valence-electron chi connectivity index (χ2n) is 5.42. The molecule has 0 bridgehead atoms. The second kappa shape index (κ2) is 6.86. The van der Waals surface area contributed by atoms with Crippen molar-refractivity contribution in [2.24, 2.45) is 0 Å². The summed E-state index contributed by atoms with van der Waals surface area (Å²) >= 11 is 0. The predicted octanol–water partition coefficient (Wildman–Crippen LogP) is 2.23. The largest absolute Gasteiger partial charge is 0.480 e. The molecule has 1 fully saturated rings. The van der Waals surface area contributed by atoms with E-state index in [1.54, 1.807) is 0 Å². The third-order valence-corrected chi connectivity index (χ3v) is 4.05. The Balaban J connectivity index is 2.05. The molecule has 2 unspecified atom stereocenters. The van der Waals surface area contributed by atoms with Crippen LogP contribution >= 0.6 is 0 Å². The minimum atomic E-state index is -0.909. The average Bonchev–Trinajstić information content (AvgIpc) is 2.97. The summed E-state index contributed by atoms with van der Waals surface area (Å²) in [5.41, 5.74) is 0.129. The summed E-state index contributed by atoms with van der Waals surface area (Å²) in [5.74, 6) is -0.790. The lowest BCUT2D eigenvalue weighted by atomic mass is 9.88. The molecule has 4 heteroatoms. The molecule has 20 heavy (non-hydrogen) atoms. The molecule has 4 nitrogen and oxygen atoms in total. The van der Waals surface area contributed by atoms with Gasteiger partial charge in [0.1, 0.15) is 5.54 Å². The van der Waals surface area contributed by atoms with Gasteiger partial charge >= 0.3 is 5.97 Å². The number of carbonyl (C=O) groups is 1. The highest BCUT2D eigenvalue weighted by atomic mass is 16.5. The molecular formula is C16H23NO3. The van der Waals surface area contributed by atoms with E-state index >= 15 is 0 Å². The molecule has 2 N–H and O–H groups in total. The SMILES string of the molecule is CCC(Cc1ccccc1)(NCC1CCCO1)C(=O)O. The van der Waals surface area contributed by atoms with Gasteiger partial charge in [-0.15, -0.1) is 0 Å². The molecule has 0 aliphatic carbocycles. The summed E-state index contributed by atoms with van der Waals surface area (Å²) in [6.07, 6.45) is 3.27. The lowest BCUT2D eigenvalue weighted by Crippen LogP contribution is -2.55. The summed E-state index contributed by atoms with van der Waals surface area (Å²) in [5, 5.41) is 12.9. The first-order valence-corrected chi connectivity index (χ1v) is 7.30. The summed E-state index contributed by atoms with van der Waals surface area (Å²) < 4.78 is 5.57. The summed E-state index contributed by atoms with van der Waals surface area (Å²) in [6.45, 7) is 3.31. The average molecular weight is 277 g/mol. The van der Waals surface area contributed by atoms with E-state index in [2.05, 4.69) is 5.32 Å². The minimum absolute atomic E-state index is 0.149. The van der Waals surface area contributed by atoms with Gasteiger partial charge in [-0.25, -0.2) is 0 Å². The number of benzene rings is 1. The number of ether oxygens (including phenoxy) is 1. The lowest BCUT2D eigenvalue weighted by molar-refractivity contribution is -0.145. The molecule has 2 atom stereocenters. The van der Waals surface area contributed by atoms with Crippen LogP contribution in [0.15, 0.2) is 30.3 Å². The Kier molecular flexibility index (Phi) is 5.15. The van der Waals surface area contributed by atoms with E-state index in [1.807, 2.05) is 37.3 Å². The zero-order valence-corrected chi connectivity index (χ0v) is 12.0. The fraction of sp³-hybridized carbons (Fsp3) is 0.562. The van der Waals surface area contributed by atoms with Crippen LogP contribution in [-0.2, 0) is 16.0 Å². The standard InChI is InChI=1S/C16H23NO3/c1-2-16(15(18)19,11-13-7-4-3-5-8-13)17-12-14-9-6-10-20-14/h3-5,7-8,14,17H,2,6,9-12H2,1H3,(H,18,19). The first-order chi connectivity index (χ1) is 9.66. The minimum Gasteiger partial charge on any atom is -0.480 e. The maximum absolute atomic E-state index is 11.8. The molecular weight excluding hydrogens is 254 g/mol. The van der Waals surface area contributed by atoms with Crippen molar-refractivity contribution in [1.29, 1.82) is 0 Å². The molecule has 0 aromatic heterocycles. The van der Waals surface area contributed by atoms with Gasteiger partial charge in [-0.05, 0) is 24.8 Å². The molecule has 1 heterocycles. The number of aliphatic carboxylic acids is 1. The van der Waals surface area contributed by atoms with Crippen LogP contribution < -0.4 is 5.32 Å². The smallest absolute Gasteiger partial charge is 0.324 e. The number of hydrogen-bond acceptors (Lipinski definition) is 3. The topological polar surface area (TPSA) is 58.6 Å². The van der Waals surface area contributed by atoms with E-state index in [4.69, 9.17) is 4.74 Å². The van der Waals surface area contributed by atoms with E-state index in [1.165, 1.54) is 0 Å². The monoisotopic (exact) mass is 277 g/mol. The van der Waals surface area contributed by atoms with Crippen molar-refractivity contribution in [3.05, 3.63) is 35.9 Å². The Morgan fingerprint density at radius 1 is 1.45 bits per heavy atom. The van der Waals surface area contributed by atoms with Gasteiger partial charge in [0.15, 0.2) is 0 Å². The molecule has 1 aromatic rings. The Labute approximate surface area is 120 Å². The summed E-state index contributed by atoms with van der Waals surface area (Å²) in [6, 6.07) is 9.77. The van der Waals surface area contributed by atoms with Crippen molar-refractivity contribution >= 4 is 5.97 Å². The molecule has 1 saturated heterocycles. The number of hydrogen-bond donors (Lipinski definition) is 2. The number of rotatable bonds is 7. The Bertz CT molecular complexity index is 429. The number of carboxylic acids is 1. The van der Waals surface area contributed by atoms with Crippen LogP contribution in [-0.4, -0.2) is 35.9 Å². The second-order valence-corrected chi connectivity index (χ2v) is 5.42. The van der Waals surface area contributed by atoms with Crippen molar-refractivity contribution in [2.75, 3.05) is 13.2 Å². The van der Waals surface area contributed by atoms with Crippen molar-refractivity contribution in [1.82, 2.24) is 5.32 Å². The maximum atomic E-state index is 11.8. The van der Waals surface area contributed by atoms with E-state index in [0.717, 1.165) is 25.0 Å². The van der Waals surface area contributed by atoms with Gasteiger partial charge in [0.05, 0.1) is 6.10 Å². The third kappa shape index (κ3) is 3.58. The van der Waals surface area contributed by atoms with Crippen LogP contribution in [0.25, 0.3) is 0 Å². The summed E-state index contributed by atoms with van der Waals surface area (Å²) in [4.78, 5) is 11.8. The molecule has 2 rings (SSSR count). The van der Waals surface area contributed by atoms with E-state index in [0.29, 0.717) is 19.4 Å². The van der Waals surface area contributed by atoms with E-state index in [9.17, 15) is 9.90 Å². The summed E-state index contributed by atoms with van der Waals surface area (Å²) in [7, 11) is 0. The normalized spacial score (nSPS) is 21.6. The maximum Gasteiger partial charge on any atom is 0.324 e. The van der Waals surface area contributed by atoms with Crippen molar-refractivity contribution in [3.63, 3.8) is 0 Å². The van der Waals surface area contributed by atoms with Crippen LogP contribution in [0.4, 0.5) is 0 Å². The first kappa shape index (κ1) is 15.0. The van der Waals surface area contributed by atoms with Gasteiger partial charge in [0, 0.05) is 19.6 Å². The quantitative estimate of drug-likeness (QED) is 0.802. The first-order valence-electron chi connectivity index (χ1n) is 7.30. The van der Waals surface area contributed by atoms with Gasteiger partial charge in [-0.1, -0.05) is 37.3 Å². The van der Waals surface area contributed by atoms with Gasteiger partial charge in [0.2, 0.25) is 0 Å². The molecule has 1 aliphatic heterocycles. The molecule has 0 amide bonds. The molecule has 0 spiro atoms. The van der Waals surface area contributed by atoms with Gasteiger partial charge in [-0.2, -0.15) is 0 Å². The van der Waals surface area contributed by atoms with Crippen LogP contribution in [0.5, 0.6) is 0 Å². The molecule has 1 aliphatic rings. The van der Waals surface area contributed by atoms with Crippen molar-refractivity contribution < 1.29 is 14.6 Å². The lowest BCUT2D eigenvalue weighted by Gasteiger charge is -2.31. The highest BCUT2D eigenvalue weighted by molar-refractivity contribution is 5.79. The van der Waals surface area contributed by atoms with Crippen molar-refractivity contribution in [3.8, 4) is 0 Å². The predicted molar refractivity (Wildman–Crippen MR) is 77.8 cm³/mol. The van der Waals surface area contributed by atoms with E-state index in [-0.39, 0.29) is 6.10 Å². The van der Waals surface area contributed by atoms with Crippen molar-refractivity contribution in [2.45, 2.75) is 44.2 Å². The molecule has 0 saturated carbocycles. The van der Waals surface area contributed by atoms with Gasteiger partial charge in [0.25, 0.3) is 0 Å². The highest BCUT2D eigenvalue weighted by Gasteiger charge is 2.37. The van der Waals surface area contributed by atoms with Gasteiger partial charge in [-0.3, -0.25) is 10.1 Å². The zero-order chi connectivity index (χ0) is 14.4. The van der Waals surface area contributed by atoms with Crippen LogP contribution in [0.3, 0.4) is 0 Å². The van der Waals surface area contributed by atoms with Crippen LogP contribution in [0.2, 0.25) is 0 Å². The Morgan fingerprint density at radius 2 is 2.20 bits per heavy atom. The van der Waals surface area contributed by atoms with Crippen LogP contribution in [0.1, 0.15) is 31.7 Å².